The van der Waals surface area contributed by atoms with Crippen LogP contribution in [-0.4, -0.2) is 17.3 Å². The highest BCUT2D eigenvalue weighted by Gasteiger charge is 2.46. The maximum absolute atomic E-state index is 13.8. The fourth-order valence-electron chi connectivity index (χ4n) is 3.02. The molecule has 1 aromatic carbocycles. The van der Waals surface area contributed by atoms with Gasteiger partial charge in [-0.1, -0.05) is 6.07 Å². The summed E-state index contributed by atoms with van der Waals surface area (Å²) in [5, 5.41) is 10.5. The quantitative estimate of drug-likeness (QED) is 0.785. The van der Waals surface area contributed by atoms with E-state index in [0.29, 0.717) is 0 Å². The number of fused-ring (bicyclic) bond motifs is 2. The highest BCUT2D eigenvalue weighted by Crippen LogP contribution is 2.44. The third-order valence-electron chi connectivity index (χ3n) is 3.86. The van der Waals surface area contributed by atoms with Crippen molar-refractivity contribution >= 4 is 0 Å². The van der Waals surface area contributed by atoms with E-state index in [1.807, 2.05) is 0 Å². The Kier molecular flexibility index (Phi) is 2.64. The lowest BCUT2D eigenvalue weighted by atomic mass is 9.83. The summed E-state index contributed by atoms with van der Waals surface area (Å²) in [6.45, 7) is 0. The number of hydrogen-bond donors (Lipinski definition) is 1. The van der Waals surface area contributed by atoms with Gasteiger partial charge in [0.1, 0.15) is 0 Å². The van der Waals surface area contributed by atoms with E-state index in [2.05, 4.69) is 0 Å². The fourth-order valence-corrected chi connectivity index (χ4v) is 3.02. The Morgan fingerprint density at radius 2 is 1.67 bits per heavy atom. The van der Waals surface area contributed by atoms with Gasteiger partial charge in [0.05, 0.1) is 17.8 Å². The smallest absolute Gasteiger partial charge is 0.194 e. The van der Waals surface area contributed by atoms with E-state index in [1.165, 1.54) is 0 Å². The average Bonchev–Trinajstić information content (AvgIpc) is 2.66. The van der Waals surface area contributed by atoms with E-state index >= 15 is 0 Å². The van der Waals surface area contributed by atoms with E-state index in [-0.39, 0.29) is 30.6 Å². The van der Waals surface area contributed by atoms with E-state index in [0.717, 1.165) is 25.0 Å². The molecule has 18 heavy (non-hydrogen) atoms. The lowest BCUT2D eigenvalue weighted by Crippen LogP contribution is -2.39. The molecular formula is C13H13F3O2. The molecule has 0 radical (unpaired) electrons. The van der Waals surface area contributed by atoms with Crippen LogP contribution in [-0.2, 0) is 10.3 Å². The monoisotopic (exact) mass is 258 g/mol. The molecule has 0 spiro atoms. The van der Waals surface area contributed by atoms with Crippen molar-refractivity contribution in [3.05, 3.63) is 35.1 Å². The molecular weight excluding hydrogens is 245 g/mol. The standard InChI is InChI=1S/C13H13F3O2/c14-10-4-3-9(11(15)12(10)16)13(17)5-7-1-2-8(6-13)18-7/h3-4,7-8,17H,1-2,5-6H2. The molecule has 2 unspecified atom stereocenters. The summed E-state index contributed by atoms with van der Waals surface area (Å²) in [6, 6.07) is 1.97. The van der Waals surface area contributed by atoms with E-state index in [1.54, 1.807) is 0 Å². The number of ether oxygens (including phenoxy) is 1. The summed E-state index contributed by atoms with van der Waals surface area (Å²) in [6.07, 6.45) is 1.84. The lowest BCUT2D eigenvalue weighted by Gasteiger charge is -2.37. The molecule has 2 nitrogen and oxygen atoms in total. The molecule has 2 atom stereocenters. The van der Waals surface area contributed by atoms with Gasteiger partial charge in [0.2, 0.25) is 0 Å². The second-order valence-electron chi connectivity index (χ2n) is 5.12. The lowest BCUT2D eigenvalue weighted by molar-refractivity contribution is -0.117. The highest BCUT2D eigenvalue weighted by molar-refractivity contribution is 5.27. The molecule has 2 heterocycles. The first kappa shape index (κ1) is 12.0. The first-order valence-electron chi connectivity index (χ1n) is 6.01. The van der Waals surface area contributed by atoms with Crippen LogP contribution in [0.4, 0.5) is 13.2 Å². The molecule has 2 saturated heterocycles. The molecule has 0 aliphatic carbocycles. The Morgan fingerprint density at radius 3 is 2.28 bits per heavy atom. The Hall–Kier alpha value is -1.07. The summed E-state index contributed by atoms with van der Waals surface area (Å²) in [7, 11) is 0. The maximum Gasteiger partial charge on any atom is 0.194 e. The third kappa shape index (κ3) is 1.73. The van der Waals surface area contributed by atoms with Crippen LogP contribution in [0.5, 0.6) is 0 Å². The van der Waals surface area contributed by atoms with Crippen molar-refractivity contribution in [2.45, 2.75) is 43.5 Å². The topological polar surface area (TPSA) is 29.5 Å². The molecule has 0 aromatic heterocycles. The van der Waals surface area contributed by atoms with Crippen molar-refractivity contribution in [1.29, 1.82) is 0 Å². The molecule has 0 amide bonds. The molecule has 5 heteroatoms. The van der Waals surface area contributed by atoms with Crippen molar-refractivity contribution in [3.63, 3.8) is 0 Å². The van der Waals surface area contributed by atoms with Gasteiger partial charge in [0.15, 0.2) is 17.5 Å². The maximum atomic E-state index is 13.8. The van der Waals surface area contributed by atoms with Gasteiger partial charge in [0.25, 0.3) is 0 Å². The summed E-state index contributed by atoms with van der Waals surface area (Å²) >= 11 is 0. The molecule has 3 rings (SSSR count). The predicted molar refractivity (Wildman–Crippen MR) is 57.3 cm³/mol. The van der Waals surface area contributed by atoms with Gasteiger partial charge in [-0.15, -0.1) is 0 Å². The van der Waals surface area contributed by atoms with Gasteiger partial charge in [-0.25, -0.2) is 13.2 Å². The molecule has 1 N–H and O–H groups in total. The minimum atomic E-state index is -1.53. The first-order chi connectivity index (χ1) is 8.49. The average molecular weight is 258 g/mol. The van der Waals surface area contributed by atoms with Crippen molar-refractivity contribution in [2.24, 2.45) is 0 Å². The Labute approximate surface area is 102 Å². The van der Waals surface area contributed by atoms with Crippen molar-refractivity contribution in [3.8, 4) is 0 Å². The molecule has 2 fully saturated rings. The molecule has 1 aromatic rings. The summed E-state index contributed by atoms with van der Waals surface area (Å²) < 4.78 is 45.4. The SMILES string of the molecule is OC1(c2ccc(F)c(F)c2F)CC2CCC(C1)O2. The zero-order valence-electron chi connectivity index (χ0n) is 9.63. The number of benzene rings is 1. The minimum absolute atomic E-state index is 0.124. The zero-order chi connectivity index (χ0) is 12.9. The van der Waals surface area contributed by atoms with Gasteiger partial charge < -0.3 is 9.84 Å². The van der Waals surface area contributed by atoms with Crippen LogP contribution in [0.1, 0.15) is 31.2 Å². The Balaban J connectivity index is 2.01. The van der Waals surface area contributed by atoms with Crippen molar-refractivity contribution in [2.75, 3.05) is 0 Å². The number of hydrogen-bond acceptors (Lipinski definition) is 2. The Morgan fingerprint density at radius 1 is 1.06 bits per heavy atom. The van der Waals surface area contributed by atoms with Crippen LogP contribution in [0.25, 0.3) is 0 Å². The van der Waals surface area contributed by atoms with Gasteiger partial charge in [-0.2, -0.15) is 0 Å². The fraction of sp³-hybridized carbons (Fsp3) is 0.538. The van der Waals surface area contributed by atoms with Gasteiger partial charge in [-0.3, -0.25) is 0 Å². The van der Waals surface area contributed by atoms with E-state index in [4.69, 9.17) is 4.74 Å². The van der Waals surface area contributed by atoms with Crippen LogP contribution >= 0.6 is 0 Å². The second kappa shape index (κ2) is 3.96. The number of halogens is 3. The first-order valence-corrected chi connectivity index (χ1v) is 6.01. The molecule has 2 bridgehead atoms. The van der Waals surface area contributed by atoms with Crippen LogP contribution in [0.3, 0.4) is 0 Å². The number of rotatable bonds is 1. The van der Waals surface area contributed by atoms with Gasteiger partial charge in [-0.05, 0) is 18.9 Å². The van der Waals surface area contributed by atoms with E-state index in [9.17, 15) is 18.3 Å². The van der Waals surface area contributed by atoms with Crippen LogP contribution in [0, 0.1) is 17.5 Å². The molecule has 2 aliphatic rings. The highest BCUT2D eigenvalue weighted by atomic mass is 19.2. The predicted octanol–water partition coefficient (Wildman–Crippen LogP) is 2.63. The van der Waals surface area contributed by atoms with E-state index < -0.39 is 23.1 Å². The zero-order valence-corrected chi connectivity index (χ0v) is 9.63. The van der Waals surface area contributed by atoms with Gasteiger partial charge in [0, 0.05) is 18.4 Å². The molecule has 0 saturated carbocycles. The normalized spacial score (nSPS) is 34.9. The molecule has 2 aliphatic heterocycles. The van der Waals surface area contributed by atoms with Crippen molar-refractivity contribution < 1.29 is 23.0 Å². The Bertz CT molecular complexity index is 477. The van der Waals surface area contributed by atoms with Crippen molar-refractivity contribution in [1.82, 2.24) is 0 Å². The van der Waals surface area contributed by atoms with Crippen LogP contribution in [0.2, 0.25) is 0 Å². The second-order valence-corrected chi connectivity index (χ2v) is 5.12. The third-order valence-corrected chi connectivity index (χ3v) is 3.86. The summed E-state index contributed by atoms with van der Waals surface area (Å²) in [5.74, 6) is -4.06. The minimum Gasteiger partial charge on any atom is -0.385 e. The van der Waals surface area contributed by atoms with Gasteiger partial charge >= 0.3 is 0 Å². The largest absolute Gasteiger partial charge is 0.385 e. The summed E-state index contributed by atoms with van der Waals surface area (Å²) in [5.41, 5.74) is -1.62. The number of aliphatic hydroxyl groups is 1. The van der Waals surface area contributed by atoms with Crippen LogP contribution in [0.15, 0.2) is 12.1 Å². The molecule has 98 valence electrons. The van der Waals surface area contributed by atoms with Crippen LogP contribution < -0.4 is 0 Å². The summed E-state index contributed by atoms with van der Waals surface area (Å²) in [4.78, 5) is 0.